The molecule has 0 saturated carbocycles. The molecule has 6 heteroatoms. The highest BCUT2D eigenvalue weighted by Gasteiger charge is 2.28. The van der Waals surface area contributed by atoms with Gasteiger partial charge < -0.3 is 15.2 Å². The highest BCUT2D eigenvalue weighted by atomic mass is 79.9. The van der Waals surface area contributed by atoms with Crippen LogP contribution in [0.3, 0.4) is 0 Å². The van der Waals surface area contributed by atoms with Gasteiger partial charge in [0.15, 0.2) is 0 Å². The molecule has 0 spiro atoms. The van der Waals surface area contributed by atoms with Crippen molar-refractivity contribution in [2.75, 3.05) is 13.2 Å². The van der Waals surface area contributed by atoms with Crippen LogP contribution >= 0.6 is 15.9 Å². The molecule has 4 rings (SSSR count). The highest BCUT2D eigenvalue weighted by molar-refractivity contribution is 9.10. The molecule has 1 amide bonds. The Hall–Kier alpha value is -3.38. The van der Waals surface area contributed by atoms with Crippen LogP contribution in [0.2, 0.25) is 0 Å². The zero-order chi connectivity index (χ0) is 21.8. The number of carbonyl (C=O) groups excluding carboxylic acids is 1. The van der Waals surface area contributed by atoms with Crippen LogP contribution in [0, 0.1) is 0 Å². The number of amides is 1. The molecule has 5 nitrogen and oxygen atoms in total. The number of carbonyl (C=O) groups is 2. The lowest BCUT2D eigenvalue weighted by atomic mass is 9.98. The van der Waals surface area contributed by atoms with Gasteiger partial charge in [-0.05, 0) is 55.9 Å². The van der Waals surface area contributed by atoms with Crippen molar-refractivity contribution < 1.29 is 19.4 Å². The Morgan fingerprint density at radius 3 is 2.29 bits per heavy atom. The van der Waals surface area contributed by atoms with E-state index in [-0.39, 0.29) is 24.6 Å². The minimum absolute atomic E-state index is 0.0193. The molecule has 3 aromatic rings. The average Bonchev–Trinajstić information content (AvgIpc) is 3.10. The standard InChI is InChI=1S/C25H20BrNO4/c26-23-12-11-16(14-21(23)24(28)29)6-5-13-27-25(30)31-15-22-19-9-3-1-7-17(19)18-8-2-4-10-20(18)22/h1-12,14,22H,13,15H2,(H,27,30)(H,28,29). The molecule has 0 aromatic heterocycles. The molecule has 0 aliphatic heterocycles. The Bertz CT molecular complexity index is 1130. The highest BCUT2D eigenvalue weighted by Crippen LogP contribution is 2.44. The van der Waals surface area contributed by atoms with E-state index in [9.17, 15) is 14.7 Å². The van der Waals surface area contributed by atoms with Crippen LogP contribution in [0.1, 0.15) is 33.0 Å². The fourth-order valence-corrected chi connectivity index (χ4v) is 4.21. The molecule has 31 heavy (non-hydrogen) atoms. The number of hydrogen-bond donors (Lipinski definition) is 2. The van der Waals surface area contributed by atoms with Crippen molar-refractivity contribution >= 4 is 34.1 Å². The van der Waals surface area contributed by atoms with Gasteiger partial charge in [-0.25, -0.2) is 9.59 Å². The number of halogens is 1. The molecule has 1 aliphatic rings. The van der Waals surface area contributed by atoms with Crippen molar-refractivity contribution in [2.24, 2.45) is 0 Å². The van der Waals surface area contributed by atoms with E-state index in [4.69, 9.17) is 4.74 Å². The Morgan fingerprint density at radius 2 is 1.65 bits per heavy atom. The fourth-order valence-electron chi connectivity index (χ4n) is 3.80. The molecule has 1 aliphatic carbocycles. The van der Waals surface area contributed by atoms with Crippen molar-refractivity contribution in [1.29, 1.82) is 0 Å². The topological polar surface area (TPSA) is 75.6 Å². The molecule has 3 aromatic carbocycles. The molecular weight excluding hydrogens is 458 g/mol. The van der Waals surface area contributed by atoms with Crippen molar-refractivity contribution in [3.8, 4) is 11.1 Å². The second-order valence-electron chi connectivity index (χ2n) is 7.15. The summed E-state index contributed by atoms with van der Waals surface area (Å²) in [6, 6.07) is 21.4. The van der Waals surface area contributed by atoms with Crippen LogP contribution in [0.4, 0.5) is 4.79 Å². The number of rotatable bonds is 6. The first-order valence-electron chi connectivity index (χ1n) is 9.83. The molecule has 2 N–H and O–H groups in total. The third-order valence-electron chi connectivity index (χ3n) is 5.24. The summed E-state index contributed by atoms with van der Waals surface area (Å²) in [5.41, 5.74) is 5.62. The first-order valence-corrected chi connectivity index (χ1v) is 10.6. The monoisotopic (exact) mass is 477 g/mol. The molecule has 0 heterocycles. The normalized spacial score (nSPS) is 12.4. The number of nitrogens with one attached hydrogen (secondary N) is 1. The van der Waals surface area contributed by atoms with Crippen molar-refractivity contribution in [1.82, 2.24) is 5.32 Å². The van der Waals surface area contributed by atoms with E-state index in [2.05, 4.69) is 45.5 Å². The summed E-state index contributed by atoms with van der Waals surface area (Å²) in [4.78, 5) is 23.4. The van der Waals surface area contributed by atoms with Gasteiger partial charge in [0.05, 0.1) is 5.56 Å². The van der Waals surface area contributed by atoms with Crippen molar-refractivity contribution in [2.45, 2.75) is 5.92 Å². The number of hydrogen-bond acceptors (Lipinski definition) is 3. The first kappa shape index (κ1) is 20.9. The van der Waals surface area contributed by atoms with Crippen LogP contribution in [0.5, 0.6) is 0 Å². The number of benzene rings is 3. The first-order chi connectivity index (χ1) is 15.0. The van der Waals surface area contributed by atoms with Crippen molar-refractivity contribution in [3.05, 3.63) is 99.5 Å². The minimum Gasteiger partial charge on any atom is -0.478 e. The maximum absolute atomic E-state index is 12.2. The van der Waals surface area contributed by atoms with Crippen LogP contribution < -0.4 is 5.32 Å². The lowest BCUT2D eigenvalue weighted by Crippen LogP contribution is -2.26. The summed E-state index contributed by atoms with van der Waals surface area (Å²) in [6.45, 7) is 0.535. The van der Waals surface area contributed by atoms with Gasteiger partial charge >= 0.3 is 12.1 Å². The van der Waals surface area contributed by atoms with Crippen LogP contribution in [-0.2, 0) is 4.74 Å². The van der Waals surface area contributed by atoms with Gasteiger partial charge in [-0.1, -0.05) is 66.7 Å². The van der Waals surface area contributed by atoms with Gasteiger partial charge in [0, 0.05) is 16.9 Å². The second-order valence-corrected chi connectivity index (χ2v) is 8.01. The average molecular weight is 478 g/mol. The number of aromatic carboxylic acids is 1. The predicted octanol–water partition coefficient (Wildman–Crippen LogP) is 5.70. The summed E-state index contributed by atoms with van der Waals surface area (Å²) >= 11 is 3.22. The number of carboxylic acid groups (broad SMARTS) is 1. The van der Waals surface area contributed by atoms with Crippen LogP contribution in [0.15, 0.2) is 77.3 Å². The molecule has 0 atom stereocenters. The van der Waals surface area contributed by atoms with Gasteiger partial charge in [0.1, 0.15) is 6.61 Å². The van der Waals surface area contributed by atoms with E-state index in [1.807, 2.05) is 24.3 Å². The summed E-state index contributed by atoms with van der Waals surface area (Å²) in [5.74, 6) is -0.982. The third kappa shape index (κ3) is 4.54. The van der Waals surface area contributed by atoms with Crippen LogP contribution in [0.25, 0.3) is 17.2 Å². The Balaban J connectivity index is 1.33. The maximum atomic E-state index is 12.2. The molecule has 0 radical (unpaired) electrons. The van der Waals surface area contributed by atoms with E-state index in [1.54, 1.807) is 30.4 Å². The Labute approximate surface area is 188 Å². The van der Waals surface area contributed by atoms with E-state index in [0.29, 0.717) is 4.47 Å². The molecule has 0 bridgehead atoms. The van der Waals surface area contributed by atoms with Gasteiger partial charge in [-0.3, -0.25) is 0 Å². The number of fused-ring (bicyclic) bond motifs is 3. The zero-order valence-electron chi connectivity index (χ0n) is 16.5. The maximum Gasteiger partial charge on any atom is 0.407 e. The van der Waals surface area contributed by atoms with E-state index in [1.165, 1.54) is 22.3 Å². The third-order valence-corrected chi connectivity index (χ3v) is 5.93. The lowest BCUT2D eigenvalue weighted by Gasteiger charge is -2.14. The number of carboxylic acids is 1. The van der Waals surface area contributed by atoms with Gasteiger partial charge in [0.25, 0.3) is 0 Å². The summed E-state index contributed by atoms with van der Waals surface area (Å²) < 4.78 is 6.01. The van der Waals surface area contributed by atoms with Gasteiger partial charge in [-0.2, -0.15) is 0 Å². The smallest absolute Gasteiger partial charge is 0.407 e. The lowest BCUT2D eigenvalue weighted by molar-refractivity contribution is 0.0695. The largest absolute Gasteiger partial charge is 0.478 e. The molecule has 0 unspecified atom stereocenters. The van der Waals surface area contributed by atoms with E-state index in [0.717, 1.165) is 5.56 Å². The fraction of sp³-hybridized carbons (Fsp3) is 0.120. The molecular formula is C25H20BrNO4. The van der Waals surface area contributed by atoms with Crippen molar-refractivity contribution in [3.63, 3.8) is 0 Å². The van der Waals surface area contributed by atoms with E-state index >= 15 is 0 Å². The summed E-state index contributed by atoms with van der Waals surface area (Å²) in [7, 11) is 0. The van der Waals surface area contributed by atoms with Gasteiger partial charge in [-0.15, -0.1) is 0 Å². The van der Waals surface area contributed by atoms with Gasteiger partial charge in [0.2, 0.25) is 0 Å². The number of ether oxygens (including phenoxy) is 1. The summed E-state index contributed by atoms with van der Waals surface area (Å²) in [5, 5.41) is 11.9. The molecule has 0 fully saturated rings. The molecule has 0 saturated heterocycles. The quantitative estimate of drug-likeness (QED) is 0.477. The van der Waals surface area contributed by atoms with Crippen LogP contribution in [-0.4, -0.2) is 30.3 Å². The SMILES string of the molecule is O=C(NCC=Cc1ccc(Br)c(C(=O)O)c1)OCC1c2ccccc2-c2ccccc21. The number of alkyl carbamates (subject to hydrolysis) is 1. The summed E-state index contributed by atoms with van der Waals surface area (Å²) in [6.07, 6.45) is 3.01. The molecule has 156 valence electrons. The Kier molecular flexibility index (Phi) is 6.18. The van der Waals surface area contributed by atoms with E-state index < -0.39 is 12.1 Å². The Morgan fingerprint density at radius 1 is 1.00 bits per heavy atom. The predicted molar refractivity (Wildman–Crippen MR) is 123 cm³/mol. The zero-order valence-corrected chi connectivity index (χ0v) is 18.1. The second kappa shape index (κ2) is 9.18. The minimum atomic E-state index is -1.00.